The second-order valence-electron chi connectivity index (χ2n) is 3.28. The molecule has 0 N–H and O–H groups in total. The highest BCUT2D eigenvalue weighted by Crippen LogP contribution is 2.31. The number of halogens is 2. The Hall–Kier alpha value is -0.930. The van der Waals surface area contributed by atoms with E-state index in [1.807, 2.05) is 6.92 Å². The number of alkyl halides is 1. The smallest absolute Gasteiger partial charge is 0.170 e. The van der Waals surface area contributed by atoms with Gasteiger partial charge in [0.05, 0.1) is 17.3 Å². The lowest BCUT2D eigenvalue weighted by Gasteiger charge is -2.04. The van der Waals surface area contributed by atoms with Crippen LogP contribution < -0.4 is 4.74 Å². The van der Waals surface area contributed by atoms with Gasteiger partial charge in [0.25, 0.3) is 0 Å². The minimum Gasteiger partial charge on any atom is -0.492 e. The molecule has 2 aromatic rings. The van der Waals surface area contributed by atoms with Crippen molar-refractivity contribution in [3.63, 3.8) is 0 Å². The monoisotopic (exact) mass is 259 g/mol. The van der Waals surface area contributed by atoms with Gasteiger partial charge in [0.15, 0.2) is 5.58 Å². The summed E-state index contributed by atoms with van der Waals surface area (Å²) in [5.74, 6) is 1.12. The lowest BCUT2D eigenvalue weighted by Crippen LogP contribution is -1.92. The van der Waals surface area contributed by atoms with Gasteiger partial charge < -0.3 is 9.26 Å². The molecule has 1 aromatic heterocycles. The first-order valence-corrected chi connectivity index (χ1v) is 5.94. The van der Waals surface area contributed by atoms with Crippen molar-refractivity contribution in [3.8, 4) is 5.75 Å². The maximum atomic E-state index is 6.08. The molecule has 1 aromatic carbocycles. The topological polar surface area (TPSA) is 35.3 Å². The van der Waals surface area contributed by atoms with Crippen LogP contribution in [-0.2, 0) is 6.42 Å². The molecule has 16 heavy (non-hydrogen) atoms. The summed E-state index contributed by atoms with van der Waals surface area (Å²) in [4.78, 5) is 0. The third kappa shape index (κ3) is 2.11. The molecule has 0 aliphatic carbocycles. The van der Waals surface area contributed by atoms with Gasteiger partial charge in [-0.05, 0) is 13.0 Å². The van der Waals surface area contributed by atoms with Crippen LogP contribution in [0.15, 0.2) is 16.7 Å². The van der Waals surface area contributed by atoms with Gasteiger partial charge in [-0.1, -0.05) is 16.8 Å². The van der Waals surface area contributed by atoms with Crippen LogP contribution in [0.1, 0.15) is 12.6 Å². The van der Waals surface area contributed by atoms with Crippen molar-refractivity contribution in [3.05, 3.63) is 22.8 Å². The van der Waals surface area contributed by atoms with E-state index in [1.54, 1.807) is 12.1 Å². The van der Waals surface area contributed by atoms with E-state index in [1.165, 1.54) is 0 Å². The zero-order valence-corrected chi connectivity index (χ0v) is 10.3. The first-order chi connectivity index (χ1) is 7.76. The van der Waals surface area contributed by atoms with E-state index in [9.17, 15) is 0 Å². The second kappa shape index (κ2) is 4.93. The molecule has 0 aliphatic rings. The number of hydrogen-bond acceptors (Lipinski definition) is 3. The van der Waals surface area contributed by atoms with Crippen LogP contribution in [0.2, 0.25) is 5.02 Å². The van der Waals surface area contributed by atoms with E-state index in [0.29, 0.717) is 35.3 Å². The van der Waals surface area contributed by atoms with Crippen molar-refractivity contribution >= 4 is 34.2 Å². The fourth-order valence-electron chi connectivity index (χ4n) is 1.53. The Morgan fingerprint density at radius 3 is 2.94 bits per heavy atom. The molecule has 2 rings (SSSR count). The molecule has 0 spiro atoms. The van der Waals surface area contributed by atoms with Crippen molar-refractivity contribution in [2.45, 2.75) is 13.3 Å². The summed E-state index contributed by atoms with van der Waals surface area (Å²) < 4.78 is 10.6. The molecule has 86 valence electrons. The van der Waals surface area contributed by atoms with Gasteiger partial charge in [0.1, 0.15) is 5.75 Å². The number of hydrogen-bond donors (Lipinski definition) is 0. The van der Waals surface area contributed by atoms with E-state index in [4.69, 9.17) is 32.5 Å². The summed E-state index contributed by atoms with van der Waals surface area (Å²) in [5, 5.41) is 5.41. The van der Waals surface area contributed by atoms with Gasteiger partial charge in [-0.15, -0.1) is 11.6 Å². The predicted molar refractivity (Wildman–Crippen MR) is 64.6 cm³/mol. The number of nitrogens with zero attached hydrogens (tertiary/aromatic N) is 1. The maximum absolute atomic E-state index is 6.08. The molecule has 0 saturated heterocycles. The van der Waals surface area contributed by atoms with Crippen molar-refractivity contribution < 1.29 is 9.26 Å². The number of ether oxygens (including phenoxy) is 1. The zero-order chi connectivity index (χ0) is 11.5. The van der Waals surface area contributed by atoms with Crippen LogP contribution in [-0.4, -0.2) is 17.6 Å². The summed E-state index contributed by atoms with van der Waals surface area (Å²) in [6, 6.07) is 3.56. The Morgan fingerprint density at radius 1 is 1.44 bits per heavy atom. The molecule has 0 atom stereocenters. The summed E-state index contributed by atoms with van der Waals surface area (Å²) in [5.41, 5.74) is 1.50. The Labute approximate surface area is 103 Å². The number of aryl methyl sites for hydroxylation is 1. The van der Waals surface area contributed by atoms with Gasteiger partial charge >= 0.3 is 0 Å². The van der Waals surface area contributed by atoms with Crippen molar-refractivity contribution in [2.75, 3.05) is 12.5 Å². The number of benzene rings is 1. The van der Waals surface area contributed by atoms with Crippen LogP contribution >= 0.6 is 23.2 Å². The van der Waals surface area contributed by atoms with Crippen molar-refractivity contribution in [2.24, 2.45) is 0 Å². The standard InChI is InChI=1S/C11H11Cl2NO2/c1-2-15-11-6-10-7(5-8(11)13)9(3-4-12)14-16-10/h5-6H,2-4H2,1H3. The van der Waals surface area contributed by atoms with Crippen LogP contribution in [0.25, 0.3) is 11.0 Å². The highest BCUT2D eigenvalue weighted by Gasteiger charge is 2.12. The molecule has 0 saturated carbocycles. The Balaban J connectivity index is 2.48. The van der Waals surface area contributed by atoms with Crippen LogP contribution in [0.4, 0.5) is 0 Å². The van der Waals surface area contributed by atoms with Crippen LogP contribution in [0, 0.1) is 0 Å². The van der Waals surface area contributed by atoms with E-state index < -0.39 is 0 Å². The van der Waals surface area contributed by atoms with Crippen LogP contribution in [0.5, 0.6) is 5.75 Å². The van der Waals surface area contributed by atoms with E-state index in [-0.39, 0.29) is 0 Å². The molecule has 0 radical (unpaired) electrons. The van der Waals surface area contributed by atoms with E-state index in [0.717, 1.165) is 11.1 Å². The van der Waals surface area contributed by atoms with Gasteiger partial charge in [0.2, 0.25) is 0 Å². The maximum Gasteiger partial charge on any atom is 0.170 e. The Morgan fingerprint density at radius 2 is 2.25 bits per heavy atom. The largest absolute Gasteiger partial charge is 0.492 e. The Bertz CT molecular complexity index is 496. The van der Waals surface area contributed by atoms with Crippen LogP contribution in [0.3, 0.4) is 0 Å². The molecule has 0 aliphatic heterocycles. The van der Waals surface area contributed by atoms with Gasteiger partial charge in [-0.25, -0.2) is 0 Å². The highest BCUT2D eigenvalue weighted by molar-refractivity contribution is 6.32. The first-order valence-electron chi connectivity index (χ1n) is 5.02. The fraction of sp³-hybridized carbons (Fsp3) is 0.364. The first kappa shape index (κ1) is 11.6. The molecule has 0 fully saturated rings. The normalized spacial score (nSPS) is 10.9. The molecule has 0 unspecified atom stereocenters. The molecular formula is C11H11Cl2NO2. The number of rotatable bonds is 4. The average molecular weight is 260 g/mol. The Kier molecular flexibility index (Phi) is 3.56. The zero-order valence-electron chi connectivity index (χ0n) is 8.80. The average Bonchev–Trinajstić information content (AvgIpc) is 2.63. The molecular weight excluding hydrogens is 249 g/mol. The summed E-state index contributed by atoms with van der Waals surface area (Å²) >= 11 is 11.8. The molecule has 3 nitrogen and oxygen atoms in total. The summed E-state index contributed by atoms with van der Waals surface area (Å²) in [6.07, 6.45) is 0.666. The second-order valence-corrected chi connectivity index (χ2v) is 4.07. The molecule has 1 heterocycles. The third-order valence-electron chi connectivity index (χ3n) is 2.23. The quantitative estimate of drug-likeness (QED) is 0.787. The summed E-state index contributed by atoms with van der Waals surface area (Å²) in [7, 11) is 0. The molecule has 0 bridgehead atoms. The SMILES string of the molecule is CCOc1cc2onc(CCCl)c2cc1Cl. The van der Waals surface area contributed by atoms with E-state index in [2.05, 4.69) is 5.16 Å². The number of aromatic nitrogens is 1. The van der Waals surface area contributed by atoms with Crippen molar-refractivity contribution in [1.29, 1.82) is 0 Å². The number of fused-ring (bicyclic) bond motifs is 1. The van der Waals surface area contributed by atoms with Gasteiger partial charge in [-0.2, -0.15) is 0 Å². The minimum absolute atomic E-state index is 0.506. The predicted octanol–water partition coefficient (Wildman–Crippen LogP) is 3.66. The fourth-order valence-corrected chi connectivity index (χ4v) is 1.92. The lowest BCUT2D eigenvalue weighted by atomic mass is 10.2. The molecule has 0 amide bonds. The summed E-state index contributed by atoms with van der Waals surface area (Å²) in [6.45, 7) is 2.47. The van der Waals surface area contributed by atoms with E-state index >= 15 is 0 Å². The van der Waals surface area contributed by atoms with Gasteiger partial charge in [-0.3, -0.25) is 0 Å². The third-order valence-corrected chi connectivity index (χ3v) is 2.71. The van der Waals surface area contributed by atoms with Crippen molar-refractivity contribution in [1.82, 2.24) is 5.16 Å². The minimum atomic E-state index is 0.506. The highest BCUT2D eigenvalue weighted by atomic mass is 35.5. The lowest BCUT2D eigenvalue weighted by molar-refractivity contribution is 0.340. The van der Waals surface area contributed by atoms with Gasteiger partial charge in [0, 0.05) is 23.8 Å². The molecule has 5 heteroatoms.